The summed E-state index contributed by atoms with van der Waals surface area (Å²) in [7, 11) is 0. The molecule has 59 heavy (non-hydrogen) atoms. The van der Waals surface area contributed by atoms with E-state index in [0.29, 0.717) is 19.3 Å². The molecule has 0 bridgehead atoms. The maximum Gasteiger partial charge on any atom is 0.306 e. The Morgan fingerprint density at radius 3 is 1.27 bits per heavy atom. The van der Waals surface area contributed by atoms with Crippen molar-refractivity contribution in [2.24, 2.45) is 0 Å². The van der Waals surface area contributed by atoms with Gasteiger partial charge in [-0.1, -0.05) is 190 Å². The van der Waals surface area contributed by atoms with Crippen LogP contribution in [0.1, 0.15) is 226 Å². The van der Waals surface area contributed by atoms with E-state index in [4.69, 9.17) is 14.2 Å². The monoisotopic (exact) mass is 823 g/mol. The van der Waals surface area contributed by atoms with Gasteiger partial charge in [-0.05, 0) is 89.9 Å². The van der Waals surface area contributed by atoms with Crippen molar-refractivity contribution in [3.05, 3.63) is 72.9 Å². The fraction of sp³-hybridized carbons (Fsp3) is 0.717. The summed E-state index contributed by atoms with van der Waals surface area (Å²) in [4.78, 5) is 37.8. The molecule has 0 saturated heterocycles. The van der Waals surface area contributed by atoms with Crippen molar-refractivity contribution >= 4 is 17.9 Å². The third-order valence-electron chi connectivity index (χ3n) is 10.2. The van der Waals surface area contributed by atoms with Crippen LogP contribution in [0.3, 0.4) is 0 Å². The molecule has 338 valence electrons. The minimum absolute atomic E-state index is 0.107. The lowest BCUT2D eigenvalue weighted by Gasteiger charge is -2.18. The Morgan fingerprint density at radius 1 is 0.373 bits per heavy atom. The van der Waals surface area contributed by atoms with E-state index < -0.39 is 6.10 Å². The minimum atomic E-state index is -0.812. The van der Waals surface area contributed by atoms with Gasteiger partial charge in [0.2, 0.25) is 0 Å². The molecule has 0 N–H and O–H groups in total. The second-order valence-corrected chi connectivity index (χ2v) is 16.0. The predicted molar refractivity (Wildman–Crippen MR) is 251 cm³/mol. The number of allylic oxidation sites excluding steroid dienone is 12. The molecule has 0 heterocycles. The van der Waals surface area contributed by atoms with Crippen LogP contribution in [0.5, 0.6) is 0 Å². The van der Waals surface area contributed by atoms with E-state index in [2.05, 4.69) is 93.7 Å². The number of unbranched alkanes of at least 4 members (excludes halogenated alkanes) is 21. The molecule has 0 saturated carbocycles. The van der Waals surface area contributed by atoms with E-state index in [1.54, 1.807) is 0 Å². The van der Waals surface area contributed by atoms with Crippen LogP contribution >= 0.6 is 0 Å². The highest BCUT2D eigenvalue weighted by molar-refractivity contribution is 5.71. The van der Waals surface area contributed by atoms with Crippen molar-refractivity contribution in [3.63, 3.8) is 0 Å². The van der Waals surface area contributed by atoms with Gasteiger partial charge in [0.1, 0.15) is 13.2 Å². The molecule has 0 aliphatic carbocycles. The van der Waals surface area contributed by atoms with Gasteiger partial charge < -0.3 is 14.2 Å². The lowest BCUT2D eigenvalue weighted by atomic mass is 10.1. The van der Waals surface area contributed by atoms with Crippen LogP contribution in [0.4, 0.5) is 0 Å². The molecular formula is C53H90O6. The van der Waals surface area contributed by atoms with Crippen molar-refractivity contribution < 1.29 is 28.6 Å². The molecule has 1 atom stereocenters. The second kappa shape index (κ2) is 47.5. The smallest absolute Gasteiger partial charge is 0.306 e. The van der Waals surface area contributed by atoms with Crippen molar-refractivity contribution in [2.75, 3.05) is 13.2 Å². The summed E-state index contributed by atoms with van der Waals surface area (Å²) in [6, 6.07) is 0. The summed E-state index contributed by atoms with van der Waals surface area (Å²) < 4.78 is 16.6. The molecule has 6 nitrogen and oxygen atoms in total. The number of rotatable bonds is 43. The van der Waals surface area contributed by atoms with Gasteiger partial charge in [-0.15, -0.1) is 0 Å². The van der Waals surface area contributed by atoms with Crippen LogP contribution in [-0.2, 0) is 28.6 Å². The van der Waals surface area contributed by atoms with Crippen LogP contribution in [0, 0.1) is 0 Å². The van der Waals surface area contributed by atoms with Gasteiger partial charge in [-0.25, -0.2) is 0 Å². The topological polar surface area (TPSA) is 78.9 Å². The Hall–Kier alpha value is -3.15. The average Bonchev–Trinajstić information content (AvgIpc) is 3.23. The van der Waals surface area contributed by atoms with Gasteiger partial charge in [0.25, 0.3) is 0 Å². The van der Waals surface area contributed by atoms with Gasteiger partial charge in [-0.2, -0.15) is 0 Å². The summed E-state index contributed by atoms with van der Waals surface area (Å²) in [6.07, 6.45) is 59.0. The van der Waals surface area contributed by atoms with Crippen LogP contribution < -0.4 is 0 Å². The molecule has 0 aliphatic heterocycles. The lowest BCUT2D eigenvalue weighted by molar-refractivity contribution is -0.167. The van der Waals surface area contributed by atoms with Crippen LogP contribution in [0.25, 0.3) is 0 Å². The molecule has 0 rings (SSSR count). The Labute approximate surface area is 363 Å². The van der Waals surface area contributed by atoms with Gasteiger partial charge in [0.05, 0.1) is 0 Å². The Bertz CT molecular complexity index is 1130. The molecule has 0 aromatic rings. The zero-order chi connectivity index (χ0) is 43.0. The summed E-state index contributed by atoms with van der Waals surface area (Å²) in [6.45, 7) is 6.38. The maximum atomic E-state index is 12.7. The summed E-state index contributed by atoms with van der Waals surface area (Å²) in [5, 5.41) is 0. The quantitative estimate of drug-likeness (QED) is 0.0200. The molecule has 0 spiro atoms. The van der Waals surface area contributed by atoms with E-state index in [1.807, 2.05) is 0 Å². The predicted octanol–water partition coefficient (Wildman–Crippen LogP) is 15.9. The summed E-state index contributed by atoms with van der Waals surface area (Å²) in [5.41, 5.74) is 0. The van der Waals surface area contributed by atoms with Crippen molar-refractivity contribution in [1.29, 1.82) is 0 Å². The first kappa shape index (κ1) is 55.9. The molecule has 6 heteroatoms. The van der Waals surface area contributed by atoms with E-state index in [0.717, 1.165) is 77.0 Å². The number of esters is 3. The standard InChI is InChI=1S/C53H90O6/c1-4-7-10-13-16-19-22-23-24-25-26-27-28-29-32-34-37-40-43-46-52(55)58-49-50(59-53(56)47-44-41-38-35-31-21-18-15-12-9-6-3)48-57-51(54)45-42-39-36-33-30-20-17-14-11-8-5-2/h9,12,14,17-18,20-21,25-26,30,35,38,50H,4-8,10-11,13,15-16,19,22-24,27-29,31-34,36-37,39-49H2,1-3H3/b12-9-,17-14-,21-18-,26-25-,30-20-,38-35-. The third-order valence-corrected chi connectivity index (χ3v) is 10.2. The first-order chi connectivity index (χ1) is 29.0. The SMILES string of the molecule is CC/C=C\C/C=C\C/C=C\CCCC(=O)OC(COC(=O)CCCCC/C=C\C=C/CCCC)COC(=O)CCCCCCCCC/C=C\CCCCCCCCCC. The molecule has 0 radical (unpaired) electrons. The van der Waals surface area contributed by atoms with E-state index in [-0.39, 0.29) is 37.5 Å². The number of hydrogen-bond donors (Lipinski definition) is 0. The molecule has 0 aromatic heterocycles. The highest BCUT2D eigenvalue weighted by Crippen LogP contribution is 2.13. The van der Waals surface area contributed by atoms with Crippen molar-refractivity contribution in [3.8, 4) is 0 Å². The largest absolute Gasteiger partial charge is 0.462 e. The lowest BCUT2D eigenvalue weighted by Crippen LogP contribution is -2.30. The van der Waals surface area contributed by atoms with Crippen LogP contribution in [-0.4, -0.2) is 37.2 Å². The first-order valence-corrected chi connectivity index (χ1v) is 24.5. The summed E-state index contributed by atoms with van der Waals surface area (Å²) >= 11 is 0. The van der Waals surface area contributed by atoms with Crippen molar-refractivity contribution in [2.45, 2.75) is 232 Å². The zero-order valence-electron chi connectivity index (χ0n) is 38.5. The number of ether oxygens (including phenoxy) is 3. The third kappa shape index (κ3) is 45.8. The minimum Gasteiger partial charge on any atom is -0.462 e. The maximum absolute atomic E-state index is 12.7. The highest BCUT2D eigenvalue weighted by atomic mass is 16.6. The molecule has 0 fully saturated rings. The van der Waals surface area contributed by atoms with E-state index in [9.17, 15) is 14.4 Å². The summed E-state index contributed by atoms with van der Waals surface area (Å²) in [5.74, 6) is -0.999. The fourth-order valence-corrected chi connectivity index (χ4v) is 6.49. The van der Waals surface area contributed by atoms with E-state index >= 15 is 0 Å². The molecule has 0 aliphatic rings. The van der Waals surface area contributed by atoms with Gasteiger partial charge in [0.15, 0.2) is 6.10 Å². The molecule has 1 unspecified atom stereocenters. The Kier molecular flexibility index (Phi) is 45.0. The second-order valence-electron chi connectivity index (χ2n) is 16.0. The highest BCUT2D eigenvalue weighted by Gasteiger charge is 2.19. The Balaban J connectivity index is 4.38. The number of carbonyl (C=O) groups is 3. The average molecular weight is 823 g/mol. The molecule has 0 aromatic carbocycles. The zero-order valence-corrected chi connectivity index (χ0v) is 38.5. The van der Waals surface area contributed by atoms with E-state index in [1.165, 1.54) is 103 Å². The van der Waals surface area contributed by atoms with Gasteiger partial charge in [0, 0.05) is 19.3 Å². The number of hydrogen-bond acceptors (Lipinski definition) is 6. The molecule has 0 amide bonds. The number of carbonyl (C=O) groups excluding carboxylic acids is 3. The van der Waals surface area contributed by atoms with Crippen LogP contribution in [0.2, 0.25) is 0 Å². The fourth-order valence-electron chi connectivity index (χ4n) is 6.49. The normalized spacial score (nSPS) is 12.7. The van der Waals surface area contributed by atoms with Crippen molar-refractivity contribution in [1.82, 2.24) is 0 Å². The van der Waals surface area contributed by atoms with Gasteiger partial charge in [-0.3, -0.25) is 14.4 Å². The Morgan fingerprint density at radius 2 is 0.746 bits per heavy atom. The van der Waals surface area contributed by atoms with Gasteiger partial charge >= 0.3 is 17.9 Å². The first-order valence-electron chi connectivity index (χ1n) is 24.5. The van der Waals surface area contributed by atoms with Crippen LogP contribution in [0.15, 0.2) is 72.9 Å². The molecular weight excluding hydrogens is 733 g/mol.